The summed E-state index contributed by atoms with van der Waals surface area (Å²) in [5.41, 5.74) is 0.215. The van der Waals surface area contributed by atoms with E-state index in [4.69, 9.17) is 23.7 Å². The molecule has 0 aromatic heterocycles. The molecule has 224 valence electrons. The van der Waals surface area contributed by atoms with E-state index in [0.717, 1.165) is 39.3 Å². The van der Waals surface area contributed by atoms with E-state index in [2.05, 4.69) is 27.7 Å². The van der Waals surface area contributed by atoms with E-state index >= 15 is 0 Å². The van der Waals surface area contributed by atoms with Crippen molar-refractivity contribution in [3.8, 4) is 0 Å². The van der Waals surface area contributed by atoms with Gasteiger partial charge in [-0.05, 0) is 64.2 Å². The second-order valence-electron chi connectivity index (χ2n) is 12.8. The lowest BCUT2D eigenvalue weighted by Crippen LogP contribution is -2.39. The van der Waals surface area contributed by atoms with Gasteiger partial charge in [-0.2, -0.15) is 0 Å². The van der Waals surface area contributed by atoms with Gasteiger partial charge in [-0.25, -0.2) is 0 Å². The van der Waals surface area contributed by atoms with Gasteiger partial charge in [-0.15, -0.1) is 0 Å². The van der Waals surface area contributed by atoms with Gasteiger partial charge < -0.3 is 23.7 Å². The Morgan fingerprint density at radius 1 is 0.579 bits per heavy atom. The predicted octanol–water partition coefficient (Wildman–Crippen LogP) is 8.41. The Bertz CT molecular complexity index is 524. The second kappa shape index (κ2) is 18.3. The molecule has 38 heavy (non-hydrogen) atoms. The van der Waals surface area contributed by atoms with Crippen LogP contribution in [-0.4, -0.2) is 63.1 Å². The predicted molar refractivity (Wildman–Crippen MR) is 156 cm³/mol. The van der Waals surface area contributed by atoms with Gasteiger partial charge in [0, 0.05) is 31.8 Å². The molecule has 0 N–H and O–H groups in total. The van der Waals surface area contributed by atoms with Crippen molar-refractivity contribution in [3.05, 3.63) is 0 Å². The fourth-order valence-corrected chi connectivity index (χ4v) is 6.78. The van der Waals surface area contributed by atoms with Gasteiger partial charge in [0.15, 0.2) is 0 Å². The summed E-state index contributed by atoms with van der Waals surface area (Å²) in [6, 6.07) is 0. The maximum Gasteiger partial charge on any atom is 0.0841 e. The second-order valence-corrected chi connectivity index (χ2v) is 12.8. The highest BCUT2D eigenvalue weighted by Crippen LogP contribution is 2.39. The van der Waals surface area contributed by atoms with Crippen molar-refractivity contribution in [2.24, 2.45) is 5.41 Å². The highest BCUT2D eigenvalue weighted by molar-refractivity contribution is 4.90. The Hall–Kier alpha value is -0.200. The monoisotopic (exact) mass is 538 g/mol. The third kappa shape index (κ3) is 10.7. The van der Waals surface area contributed by atoms with Crippen LogP contribution in [0.25, 0.3) is 0 Å². The van der Waals surface area contributed by atoms with Crippen LogP contribution in [0.2, 0.25) is 0 Å². The maximum atomic E-state index is 6.73. The van der Waals surface area contributed by atoms with Crippen LogP contribution in [0.3, 0.4) is 0 Å². The normalized spacial score (nSPS) is 29.4. The van der Waals surface area contributed by atoms with Crippen molar-refractivity contribution in [3.63, 3.8) is 0 Å². The number of ether oxygens (including phenoxy) is 5. The smallest absolute Gasteiger partial charge is 0.0841 e. The molecule has 0 aromatic carbocycles. The van der Waals surface area contributed by atoms with Crippen LogP contribution in [0, 0.1) is 5.41 Å². The fraction of sp³-hybridized carbons (Fsp3) is 1.00. The molecule has 0 bridgehead atoms. The van der Waals surface area contributed by atoms with Crippen LogP contribution in [0.5, 0.6) is 0 Å². The number of hydrogen-bond donors (Lipinski definition) is 0. The van der Waals surface area contributed by atoms with E-state index < -0.39 is 0 Å². The Balaban J connectivity index is 0.000000256. The topological polar surface area (TPSA) is 46.2 Å². The quantitative estimate of drug-likeness (QED) is 0.185. The van der Waals surface area contributed by atoms with Gasteiger partial charge >= 0.3 is 0 Å². The van der Waals surface area contributed by atoms with E-state index in [-0.39, 0.29) is 17.6 Å². The highest BCUT2D eigenvalue weighted by atomic mass is 16.6. The minimum absolute atomic E-state index is 0.215. The van der Waals surface area contributed by atoms with Crippen molar-refractivity contribution in [1.29, 1.82) is 0 Å². The van der Waals surface area contributed by atoms with Crippen molar-refractivity contribution < 1.29 is 23.7 Å². The molecular weight excluding hydrogens is 476 g/mol. The first kappa shape index (κ1) is 32.3. The average molecular weight is 539 g/mol. The minimum atomic E-state index is 0.215. The van der Waals surface area contributed by atoms with Crippen LogP contribution in [-0.2, 0) is 23.7 Å². The zero-order chi connectivity index (χ0) is 27.1. The first-order valence-corrected chi connectivity index (χ1v) is 16.7. The average Bonchev–Trinajstić information content (AvgIpc) is 3.75. The van der Waals surface area contributed by atoms with Crippen molar-refractivity contribution in [2.45, 2.75) is 180 Å². The summed E-state index contributed by atoms with van der Waals surface area (Å²) in [4.78, 5) is 0. The summed E-state index contributed by atoms with van der Waals surface area (Å²) < 4.78 is 30.3. The SMILES string of the molecule is CC(C)(C1CCCO1)C1CCCO1.CCCCCCC(OC(CCCCCC)C1CCCO1)C1CCCO1. The molecule has 5 heteroatoms. The molecule has 6 unspecified atom stereocenters. The van der Waals surface area contributed by atoms with Gasteiger partial charge in [0.25, 0.3) is 0 Å². The first-order valence-electron chi connectivity index (χ1n) is 16.7. The van der Waals surface area contributed by atoms with E-state index in [0.29, 0.717) is 24.4 Å². The Kier molecular flexibility index (Phi) is 15.5. The molecule has 0 radical (unpaired) electrons. The van der Waals surface area contributed by atoms with Gasteiger partial charge in [0.05, 0.1) is 36.6 Å². The zero-order valence-corrected chi connectivity index (χ0v) is 25.6. The van der Waals surface area contributed by atoms with E-state index in [9.17, 15) is 0 Å². The number of unbranched alkanes of at least 4 members (excludes halogenated alkanes) is 6. The fourth-order valence-electron chi connectivity index (χ4n) is 6.78. The molecule has 0 aromatic rings. The summed E-state index contributed by atoms with van der Waals surface area (Å²) in [6.07, 6.45) is 24.4. The maximum absolute atomic E-state index is 6.73. The van der Waals surface area contributed by atoms with E-state index in [1.807, 2.05) is 0 Å². The summed E-state index contributed by atoms with van der Waals surface area (Å²) in [5, 5.41) is 0. The Morgan fingerprint density at radius 2 is 1.00 bits per heavy atom. The molecule has 4 saturated heterocycles. The molecule has 4 rings (SSSR count). The van der Waals surface area contributed by atoms with Crippen molar-refractivity contribution in [2.75, 3.05) is 26.4 Å². The van der Waals surface area contributed by atoms with Crippen molar-refractivity contribution >= 4 is 0 Å². The van der Waals surface area contributed by atoms with E-state index in [1.54, 1.807) is 0 Å². The summed E-state index contributed by atoms with van der Waals surface area (Å²) in [5.74, 6) is 0. The molecule has 0 aliphatic carbocycles. The molecule has 5 nitrogen and oxygen atoms in total. The lowest BCUT2D eigenvalue weighted by molar-refractivity contribution is -0.128. The molecule has 4 aliphatic heterocycles. The largest absolute Gasteiger partial charge is 0.378 e. The number of rotatable bonds is 16. The Labute approximate surface area is 235 Å². The molecule has 6 atom stereocenters. The Morgan fingerprint density at radius 3 is 1.34 bits per heavy atom. The van der Waals surface area contributed by atoms with Crippen LogP contribution in [0.4, 0.5) is 0 Å². The molecule has 4 fully saturated rings. The molecular formula is C33H62O5. The first-order chi connectivity index (χ1) is 18.6. The van der Waals surface area contributed by atoms with Gasteiger partial charge in [-0.1, -0.05) is 79.1 Å². The van der Waals surface area contributed by atoms with Crippen molar-refractivity contribution in [1.82, 2.24) is 0 Å². The molecule has 4 aliphatic rings. The summed E-state index contributed by atoms with van der Waals surface area (Å²) in [6.45, 7) is 12.9. The standard InChI is InChI=1S/C22H42O3.C11H20O2/c1-3-5-7-9-13-21(19-15-11-17-23-19)25-22(14-10-8-6-4-2)20-16-12-18-24-20;1-11(2,9-5-3-7-12-9)10-6-4-8-13-10/h19-22H,3-18H2,1-2H3;9-10H,3-8H2,1-2H3. The van der Waals surface area contributed by atoms with Gasteiger partial charge in [0.2, 0.25) is 0 Å². The third-order valence-electron chi connectivity index (χ3n) is 9.31. The zero-order valence-electron chi connectivity index (χ0n) is 25.6. The molecule has 0 spiro atoms. The molecule has 0 saturated carbocycles. The van der Waals surface area contributed by atoms with Gasteiger partial charge in [0.1, 0.15) is 0 Å². The minimum Gasteiger partial charge on any atom is -0.378 e. The van der Waals surface area contributed by atoms with Gasteiger partial charge in [-0.3, -0.25) is 0 Å². The van der Waals surface area contributed by atoms with E-state index in [1.165, 1.54) is 103 Å². The van der Waals surface area contributed by atoms with Crippen LogP contribution < -0.4 is 0 Å². The number of hydrogen-bond acceptors (Lipinski definition) is 5. The van der Waals surface area contributed by atoms with Crippen LogP contribution in [0.15, 0.2) is 0 Å². The highest BCUT2D eigenvalue weighted by Gasteiger charge is 2.41. The third-order valence-corrected chi connectivity index (χ3v) is 9.31. The summed E-state index contributed by atoms with van der Waals surface area (Å²) in [7, 11) is 0. The van der Waals surface area contributed by atoms with Crippen LogP contribution >= 0.6 is 0 Å². The lowest BCUT2D eigenvalue weighted by Gasteiger charge is -2.35. The van der Waals surface area contributed by atoms with Crippen LogP contribution in [0.1, 0.15) is 143 Å². The molecule has 0 amide bonds. The lowest BCUT2D eigenvalue weighted by atomic mass is 9.78. The molecule has 4 heterocycles. The summed E-state index contributed by atoms with van der Waals surface area (Å²) >= 11 is 0.